The lowest BCUT2D eigenvalue weighted by Crippen LogP contribution is -2.38. The second-order valence-electron chi connectivity index (χ2n) is 4.29. The third-order valence-electron chi connectivity index (χ3n) is 2.97. The predicted molar refractivity (Wildman–Crippen MR) is 72.2 cm³/mol. The van der Waals surface area contributed by atoms with E-state index >= 15 is 0 Å². The minimum atomic E-state index is -0.573. The summed E-state index contributed by atoms with van der Waals surface area (Å²) in [6.07, 6.45) is 1.68. The summed E-state index contributed by atoms with van der Waals surface area (Å²) in [5.41, 5.74) is 0.252. The molecule has 1 unspecified atom stereocenters. The van der Waals surface area contributed by atoms with E-state index in [2.05, 4.69) is 11.9 Å². The summed E-state index contributed by atoms with van der Waals surface area (Å²) in [6.45, 7) is 3.96. The van der Waals surface area contributed by atoms with E-state index < -0.39 is 11.0 Å². The van der Waals surface area contributed by atoms with Gasteiger partial charge in [-0.15, -0.1) is 6.58 Å². The van der Waals surface area contributed by atoms with Crippen LogP contribution in [0.2, 0.25) is 0 Å². The molecule has 7 heteroatoms. The van der Waals surface area contributed by atoms with Crippen molar-refractivity contribution in [2.24, 2.45) is 0 Å². The Balaban J connectivity index is 2.19. The number of amides is 2. The van der Waals surface area contributed by atoms with Crippen LogP contribution in [0.15, 0.2) is 36.9 Å². The minimum absolute atomic E-state index is 0.0731. The number of imide groups is 1. The van der Waals surface area contributed by atoms with Gasteiger partial charge in [0.15, 0.2) is 0 Å². The number of nitro benzene ring substituents is 1. The molecule has 1 aliphatic rings. The van der Waals surface area contributed by atoms with Crippen molar-refractivity contribution in [1.82, 2.24) is 5.32 Å². The number of carbonyl (C=O) groups excluding carboxylic acids is 2. The molecule has 20 heavy (non-hydrogen) atoms. The Morgan fingerprint density at radius 2 is 2.05 bits per heavy atom. The van der Waals surface area contributed by atoms with Crippen molar-refractivity contribution >= 4 is 23.2 Å². The van der Waals surface area contributed by atoms with Gasteiger partial charge in [0.1, 0.15) is 0 Å². The van der Waals surface area contributed by atoms with E-state index in [0.717, 1.165) is 4.90 Å². The summed E-state index contributed by atoms with van der Waals surface area (Å²) in [7, 11) is 0. The predicted octanol–water partition coefficient (Wildman–Crippen LogP) is 1.00. The second kappa shape index (κ2) is 5.62. The third kappa shape index (κ3) is 2.57. The molecule has 0 aromatic heterocycles. The Morgan fingerprint density at radius 3 is 2.60 bits per heavy atom. The quantitative estimate of drug-likeness (QED) is 0.374. The van der Waals surface area contributed by atoms with E-state index in [4.69, 9.17) is 0 Å². The maximum absolute atomic E-state index is 12.1. The number of non-ortho nitro benzene ring substituents is 1. The Hall–Kier alpha value is -2.54. The number of benzene rings is 1. The lowest BCUT2D eigenvalue weighted by molar-refractivity contribution is -0.384. The molecule has 7 nitrogen and oxygen atoms in total. The van der Waals surface area contributed by atoms with Gasteiger partial charge in [-0.3, -0.25) is 19.7 Å². The molecule has 1 heterocycles. The molecule has 0 saturated carbocycles. The Labute approximate surface area is 115 Å². The first-order valence-electron chi connectivity index (χ1n) is 6.00. The van der Waals surface area contributed by atoms with Crippen molar-refractivity contribution in [1.29, 1.82) is 0 Å². The smallest absolute Gasteiger partial charge is 0.269 e. The second-order valence-corrected chi connectivity index (χ2v) is 4.29. The van der Waals surface area contributed by atoms with Crippen molar-refractivity contribution in [3.05, 3.63) is 47.0 Å². The lowest BCUT2D eigenvalue weighted by Gasteiger charge is -2.14. The van der Waals surface area contributed by atoms with Crippen LogP contribution in [-0.2, 0) is 9.59 Å². The average Bonchev–Trinajstić information content (AvgIpc) is 2.71. The lowest BCUT2D eigenvalue weighted by atomic mass is 10.2. The number of nitro groups is 1. The first-order valence-corrected chi connectivity index (χ1v) is 6.00. The Bertz CT molecular complexity index is 567. The fraction of sp³-hybridized carbons (Fsp3) is 0.231. The molecule has 0 bridgehead atoms. The molecule has 1 aromatic rings. The minimum Gasteiger partial charge on any atom is -0.302 e. The van der Waals surface area contributed by atoms with Gasteiger partial charge < -0.3 is 5.32 Å². The van der Waals surface area contributed by atoms with Gasteiger partial charge in [0, 0.05) is 18.7 Å². The van der Waals surface area contributed by atoms with Gasteiger partial charge in [-0.25, -0.2) is 4.90 Å². The highest BCUT2D eigenvalue weighted by Gasteiger charge is 2.39. The van der Waals surface area contributed by atoms with Crippen LogP contribution >= 0.6 is 0 Å². The topological polar surface area (TPSA) is 92.6 Å². The van der Waals surface area contributed by atoms with Crippen LogP contribution < -0.4 is 10.2 Å². The molecule has 104 valence electrons. The number of carbonyl (C=O) groups is 2. The normalized spacial score (nSPS) is 18.4. The highest BCUT2D eigenvalue weighted by molar-refractivity contribution is 6.22. The monoisotopic (exact) mass is 275 g/mol. The number of hydrogen-bond acceptors (Lipinski definition) is 5. The molecular formula is C13H13N3O4. The maximum atomic E-state index is 12.1. The summed E-state index contributed by atoms with van der Waals surface area (Å²) in [5.74, 6) is -0.684. The zero-order valence-corrected chi connectivity index (χ0v) is 10.6. The Kier molecular flexibility index (Phi) is 3.90. The van der Waals surface area contributed by atoms with Crippen LogP contribution in [-0.4, -0.2) is 29.3 Å². The molecule has 1 fully saturated rings. The van der Waals surface area contributed by atoms with Crippen molar-refractivity contribution in [2.45, 2.75) is 12.5 Å². The summed E-state index contributed by atoms with van der Waals surface area (Å²) < 4.78 is 0. The van der Waals surface area contributed by atoms with E-state index in [1.54, 1.807) is 6.08 Å². The van der Waals surface area contributed by atoms with Crippen LogP contribution in [0.25, 0.3) is 0 Å². The van der Waals surface area contributed by atoms with E-state index in [-0.39, 0.29) is 23.9 Å². The molecule has 1 saturated heterocycles. The number of hydrogen-bond donors (Lipinski definition) is 1. The summed E-state index contributed by atoms with van der Waals surface area (Å²) in [4.78, 5) is 35.1. The molecule has 1 aromatic carbocycles. The number of anilines is 1. The van der Waals surface area contributed by atoms with Crippen molar-refractivity contribution in [3.63, 3.8) is 0 Å². The van der Waals surface area contributed by atoms with E-state index in [1.165, 1.54) is 24.3 Å². The summed E-state index contributed by atoms with van der Waals surface area (Å²) >= 11 is 0. The van der Waals surface area contributed by atoms with E-state index in [9.17, 15) is 19.7 Å². The molecule has 1 N–H and O–H groups in total. The summed E-state index contributed by atoms with van der Waals surface area (Å²) in [6, 6.07) is 4.74. The zero-order chi connectivity index (χ0) is 14.7. The molecule has 0 spiro atoms. The molecule has 0 radical (unpaired) electrons. The zero-order valence-electron chi connectivity index (χ0n) is 10.6. The number of nitrogens with zero attached hydrogens (tertiary/aromatic N) is 2. The largest absolute Gasteiger partial charge is 0.302 e. The highest BCUT2D eigenvalue weighted by atomic mass is 16.6. The average molecular weight is 275 g/mol. The van der Waals surface area contributed by atoms with Crippen molar-refractivity contribution < 1.29 is 14.5 Å². The molecule has 2 rings (SSSR count). The molecule has 1 aliphatic heterocycles. The Morgan fingerprint density at radius 1 is 1.40 bits per heavy atom. The molecule has 1 atom stereocenters. The van der Waals surface area contributed by atoms with Gasteiger partial charge >= 0.3 is 0 Å². The van der Waals surface area contributed by atoms with E-state index in [1.807, 2.05) is 0 Å². The molecular weight excluding hydrogens is 262 g/mol. The van der Waals surface area contributed by atoms with Gasteiger partial charge in [0.05, 0.1) is 23.1 Å². The van der Waals surface area contributed by atoms with E-state index in [0.29, 0.717) is 12.2 Å². The first-order chi connectivity index (χ1) is 9.54. The first kappa shape index (κ1) is 13.9. The van der Waals surface area contributed by atoms with Gasteiger partial charge in [0.2, 0.25) is 5.91 Å². The van der Waals surface area contributed by atoms with Crippen LogP contribution in [0.1, 0.15) is 6.42 Å². The van der Waals surface area contributed by atoms with Crippen LogP contribution in [0.4, 0.5) is 11.4 Å². The summed E-state index contributed by atoms with van der Waals surface area (Å²) in [5, 5.41) is 13.5. The van der Waals surface area contributed by atoms with Crippen molar-refractivity contribution in [3.8, 4) is 0 Å². The third-order valence-corrected chi connectivity index (χ3v) is 2.97. The highest BCUT2D eigenvalue weighted by Crippen LogP contribution is 2.25. The molecule has 0 aliphatic carbocycles. The standard InChI is InChI=1S/C13H13N3O4/c1-2-7-14-11-8-12(17)15(13(11)18)9-3-5-10(6-4-9)16(19)20/h2-6,11,14H,1,7-8H2. The number of rotatable bonds is 5. The number of nitrogens with one attached hydrogen (secondary N) is 1. The van der Waals surface area contributed by atoms with Crippen molar-refractivity contribution in [2.75, 3.05) is 11.4 Å². The SMILES string of the molecule is C=CCNC1CC(=O)N(c2ccc([N+](=O)[O-])cc2)C1=O. The van der Waals surface area contributed by atoms with Crippen LogP contribution in [0.3, 0.4) is 0 Å². The van der Waals surface area contributed by atoms with Gasteiger partial charge in [-0.05, 0) is 12.1 Å². The fourth-order valence-corrected chi connectivity index (χ4v) is 2.01. The van der Waals surface area contributed by atoms with Gasteiger partial charge in [-0.2, -0.15) is 0 Å². The van der Waals surface area contributed by atoms with Crippen LogP contribution in [0.5, 0.6) is 0 Å². The van der Waals surface area contributed by atoms with Gasteiger partial charge in [-0.1, -0.05) is 6.08 Å². The fourth-order valence-electron chi connectivity index (χ4n) is 2.01. The maximum Gasteiger partial charge on any atom is 0.269 e. The van der Waals surface area contributed by atoms with Crippen LogP contribution in [0, 0.1) is 10.1 Å². The molecule has 2 amide bonds. The van der Waals surface area contributed by atoms with Gasteiger partial charge in [0.25, 0.3) is 11.6 Å².